The van der Waals surface area contributed by atoms with Gasteiger partial charge in [-0.25, -0.2) is 0 Å². The summed E-state index contributed by atoms with van der Waals surface area (Å²) in [5, 5.41) is 12.4. The van der Waals surface area contributed by atoms with Gasteiger partial charge in [0.1, 0.15) is 11.2 Å². The van der Waals surface area contributed by atoms with Gasteiger partial charge in [0.05, 0.1) is 18.9 Å². The third-order valence-corrected chi connectivity index (χ3v) is 8.26. The van der Waals surface area contributed by atoms with Crippen molar-refractivity contribution in [1.29, 1.82) is 0 Å². The lowest BCUT2D eigenvalue weighted by atomic mass is 9.72. The van der Waals surface area contributed by atoms with Crippen LogP contribution in [0.15, 0.2) is 42.5 Å². The van der Waals surface area contributed by atoms with E-state index in [1.807, 2.05) is 6.07 Å². The Morgan fingerprint density at radius 1 is 1.10 bits per heavy atom. The summed E-state index contributed by atoms with van der Waals surface area (Å²) in [6.07, 6.45) is 0.922. The average molecular weight is 530 g/mol. The summed E-state index contributed by atoms with van der Waals surface area (Å²) in [6.45, 7) is 4.70. The Balaban J connectivity index is 1.39. The Morgan fingerprint density at radius 3 is 2.41 bits per heavy atom. The number of carbonyl (C=O) groups excluding carboxylic acids is 3. The summed E-state index contributed by atoms with van der Waals surface area (Å²) >= 11 is 0. The number of benzene rings is 2. The molecule has 0 spiro atoms. The van der Waals surface area contributed by atoms with E-state index in [9.17, 15) is 24.3 Å². The van der Waals surface area contributed by atoms with Crippen LogP contribution in [0.2, 0.25) is 0 Å². The number of methoxy groups -OCH3 is 1. The van der Waals surface area contributed by atoms with Crippen molar-refractivity contribution in [2.75, 3.05) is 33.3 Å². The Labute approximate surface area is 227 Å². The van der Waals surface area contributed by atoms with Crippen LogP contribution in [-0.4, -0.2) is 71.9 Å². The van der Waals surface area contributed by atoms with Gasteiger partial charge >= 0.3 is 5.97 Å². The number of imide groups is 1. The van der Waals surface area contributed by atoms with Crippen LogP contribution in [0.1, 0.15) is 53.2 Å². The van der Waals surface area contributed by atoms with Crippen LogP contribution in [0.3, 0.4) is 0 Å². The molecule has 9 heteroatoms. The number of carbonyl (C=O) groups is 4. The molecular weight excluding hydrogens is 498 g/mol. The number of aliphatic carboxylic acids is 1. The van der Waals surface area contributed by atoms with E-state index in [1.54, 1.807) is 41.3 Å². The molecule has 202 valence electrons. The maximum Gasteiger partial charge on any atom is 0.314 e. The van der Waals surface area contributed by atoms with Crippen molar-refractivity contribution in [3.8, 4) is 17.6 Å². The second kappa shape index (κ2) is 10.2. The maximum absolute atomic E-state index is 13.1. The van der Waals surface area contributed by atoms with E-state index in [0.717, 1.165) is 30.8 Å². The maximum atomic E-state index is 13.1. The number of piperidine rings is 1. The topological polar surface area (TPSA) is 116 Å². The molecule has 3 amide bonds. The third kappa shape index (κ3) is 4.77. The number of fused-ring (bicyclic) bond motifs is 1. The highest BCUT2D eigenvalue weighted by Crippen LogP contribution is 2.37. The molecule has 2 aromatic carbocycles. The van der Waals surface area contributed by atoms with E-state index in [-0.39, 0.29) is 18.9 Å². The lowest BCUT2D eigenvalue weighted by Crippen LogP contribution is -2.47. The standard InChI is InChI=1S/C30H31N3O6/c1-3-32-14-12-30(13-15-32,28(37)38)22-7-4-20(5-8-22)10-11-29(17-25(34)31-27(29)36)19-33-18-21-6-9-23(39-2)16-24(21)26(33)35/h4-9,16H,3,12-15,17-19H2,1-2H3,(H,37,38)(H,31,34,36)/t29-/m1/s1. The normalized spacial score (nSPS) is 22.2. The van der Waals surface area contributed by atoms with E-state index in [1.165, 1.54) is 7.11 Å². The fourth-order valence-corrected chi connectivity index (χ4v) is 5.78. The Bertz CT molecular complexity index is 1400. The molecule has 0 radical (unpaired) electrons. The number of nitrogens with one attached hydrogen (secondary N) is 1. The van der Waals surface area contributed by atoms with Crippen LogP contribution in [0, 0.1) is 17.3 Å². The Morgan fingerprint density at radius 2 is 1.82 bits per heavy atom. The van der Waals surface area contributed by atoms with E-state index in [0.29, 0.717) is 36.3 Å². The van der Waals surface area contributed by atoms with Gasteiger partial charge in [0.15, 0.2) is 0 Å². The van der Waals surface area contributed by atoms with Gasteiger partial charge in [-0.15, -0.1) is 0 Å². The zero-order chi connectivity index (χ0) is 27.8. The number of hydrogen-bond acceptors (Lipinski definition) is 6. The third-order valence-electron chi connectivity index (χ3n) is 8.26. The first kappa shape index (κ1) is 26.4. The molecule has 2 fully saturated rings. The van der Waals surface area contributed by atoms with Gasteiger partial charge in [0.25, 0.3) is 5.91 Å². The molecule has 5 rings (SSSR count). The second-order valence-corrected chi connectivity index (χ2v) is 10.5. The number of rotatable bonds is 6. The molecule has 3 aliphatic heterocycles. The molecule has 0 bridgehead atoms. The molecule has 0 unspecified atom stereocenters. The fraction of sp³-hybridized carbons (Fsp3) is 0.400. The SMILES string of the molecule is CCN1CCC(C(=O)O)(c2ccc(C#C[C@]3(CN4Cc5ccc(OC)cc5C4=O)CC(=O)NC3=O)cc2)CC1. The summed E-state index contributed by atoms with van der Waals surface area (Å²) in [5.41, 5.74) is 0.335. The van der Waals surface area contributed by atoms with Gasteiger partial charge in [0, 0.05) is 24.2 Å². The van der Waals surface area contributed by atoms with Gasteiger partial charge in [-0.05, 0) is 67.9 Å². The lowest BCUT2D eigenvalue weighted by Gasteiger charge is -2.38. The van der Waals surface area contributed by atoms with Crippen molar-refractivity contribution >= 4 is 23.7 Å². The zero-order valence-corrected chi connectivity index (χ0v) is 22.1. The first-order valence-electron chi connectivity index (χ1n) is 13.1. The number of carboxylic acids is 1. The Hall–Kier alpha value is -4.16. The zero-order valence-electron chi connectivity index (χ0n) is 22.1. The van der Waals surface area contributed by atoms with Crippen LogP contribution in [0.25, 0.3) is 0 Å². The number of ether oxygens (including phenoxy) is 1. The minimum atomic E-state index is -1.38. The van der Waals surface area contributed by atoms with Gasteiger partial charge in [-0.2, -0.15) is 0 Å². The molecule has 39 heavy (non-hydrogen) atoms. The van der Waals surface area contributed by atoms with Crippen molar-refractivity contribution in [3.05, 3.63) is 64.7 Å². The van der Waals surface area contributed by atoms with Crippen LogP contribution >= 0.6 is 0 Å². The molecule has 0 aliphatic carbocycles. The monoisotopic (exact) mass is 529 g/mol. The van der Waals surface area contributed by atoms with Crippen molar-refractivity contribution in [2.24, 2.45) is 5.41 Å². The smallest absolute Gasteiger partial charge is 0.314 e. The predicted octanol–water partition coefficient (Wildman–Crippen LogP) is 2.17. The number of hydrogen-bond donors (Lipinski definition) is 2. The van der Waals surface area contributed by atoms with Crippen molar-refractivity contribution in [2.45, 2.75) is 38.1 Å². The minimum absolute atomic E-state index is 0.0263. The molecule has 2 N–H and O–H groups in total. The largest absolute Gasteiger partial charge is 0.497 e. The number of nitrogens with zero attached hydrogens (tertiary/aromatic N) is 2. The van der Waals surface area contributed by atoms with Gasteiger partial charge in [-0.1, -0.05) is 37.0 Å². The molecular formula is C30H31N3O6. The summed E-state index contributed by atoms with van der Waals surface area (Å²) in [5.74, 6) is 4.57. The number of carboxylic acid groups (broad SMARTS) is 1. The summed E-state index contributed by atoms with van der Waals surface area (Å²) in [6, 6.07) is 12.4. The van der Waals surface area contributed by atoms with E-state index < -0.39 is 28.6 Å². The van der Waals surface area contributed by atoms with Crippen LogP contribution in [0.5, 0.6) is 5.75 Å². The Kier molecular flexibility index (Phi) is 6.91. The summed E-state index contributed by atoms with van der Waals surface area (Å²) < 4.78 is 5.23. The van der Waals surface area contributed by atoms with Crippen LogP contribution < -0.4 is 10.1 Å². The van der Waals surface area contributed by atoms with Crippen LogP contribution in [0.4, 0.5) is 0 Å². The van der Waals surface area contributed by atoms with Crippen molar-refractivity contribution in [3.63, 3.8) is 0 Å². The summed E-state index contributed by atoms with van der Waals surface area (Å²) in [4.78, 5) is 54.4. The molecule has 1 atom stereocenters. The first-order chi connectivity index (χ1) is 18.7. The molecule has 3 aliphatic rings. The number of amides is 3. The lowest BCUT2D eigenvalue weighted by molar-refractivity contribution is -0.146. The molecule has 9 nitrogen and oxygen atoms in total. The van der Waals surface area contributed by atoms with Crippen LogP contribution in [-0.2, 0) is 26.3 Å². The molecule has 3 heterocycles. The van der Waals surface area contributed by atoms with Gasteiger partial charge in [-0.3, -0.25) is 24.5 Å². The first-order valence-corrected chi connectivity index (χ1v) is 13.1. The fourth-order valence-electron chi connectivity index (χ4n) is 5.78. The van der Waals surface area contributed by atoms with E-state index >= 15 is 0 Å². The van der Waals surface area contributed by atoms with Crippen molar-refractivity contribution < 1.29 is 29.0 Å². The van der Waals surface area contributed by atoms with E-state index in [2.05, 4.69) is 29.0 Å². The van der Waals surface area contributed by atoms with Gasteiger partial charge in [0.2, 0.25) is 11.8 Å². The molecule has 0 saturated carbocycles. The highest BCUT2D eigenvalue weighted by atomic mass is 16.5. The number of likely N-dealkylation sites (tertiary alicyclic amines) is 1. The highest BCUT2D eigenvalue weighted by molar-refractivity contribution is 6.08. The average Bonchev–Trinajstić information content (AvgIpc) is 3.41. The predicted molar refractivity (Wildman–Crippen MR) is 142 cm³/mol. The summed E-state index contributed by atoms with van der Waals surface area (Å²) in [7, 11) is 1.53. The highest BCUT2D eigenvalue weighted by Gasteiger charge is 2.49. The van der Waals surface area contributed by atoms with Gasteiger partial charge < -0.3 is 19.6 Å². The molecule has 2 aromatic rings. The second-order valence-electron chi connectivity index (χ2n) is 10.5. The minimum Gasteiger partial charge on any atom is -0.497 e. The van der Waals surface area contributed by atoms with E-state index in [4.69, 9.17) is 4.74 Å². The quantitative estimate of drug-likeness (QED) is 0.435. The van der Waals surface area contributed by atoms with Crippen molar-refractivity contribution in [1.82, 2.24) is 15.1 Å². The molecule has 2 saturated heterocycles. The molecule has 0 aromatic heterocycles.